The average Bonchev–Trinajstić information content (AvgIpc) is 2.14. The summed E-state index contributed by atoms with van der Waals surface area (Å²) in [6.45, 7) is 1.65. The van der Waals surface area contributed by atoms with E-state index < -0.39 is 10.0 Å². The van der Waals surface area contributed by atoms with Crippen LogP contribution in [-0.4, -0.2) is 47.3 Å². The monoisotopic (exact) mass is 237 g/mol. The Labute approximate surface area is 90.9 Å². The van der Waals surface area contributed by atoms with Crippen LogP contribution in [0.4, 0.5) is 0 Å². The third kappa shape index (κ3) is 11.3. The molecule has 90 valence electrons. The summed E-state index contributed by atoms with van der Waals surface area (Å²) in [6, 6.07) is 0. The summed E-state index contributed by atoms with van der Waals surface area (Å²) >= 11 is 0. The van der Waals surface area contributed by atoms with Crippen LogP contribution in [0.25, 0.3) is 0 Å². The van der Waals surface area contributed by atoms with Crippen molar-refractivity contribution >= 4 is 15.9 Å². The normalized spacial score (nSPS) is 11.3. The number of rotatable bonds is 8. The molecule has 0 saturated heterocycles. The zero-order valence-electron chi connectivity index (χ0n) is 9.17. The molecule has 0 fully saturated rings. The fourth-order valence-electron chi connectivity index (χ4n) is 0.949. The third-order valence-electron chi connectivity index (χ3n) is 1.70. The summed E-state index contributed by atoms with van der Waals surface area (Å²) in [5, 5.41) is 5.56. The van der Waals surface area contributed by atoms with E-state index in [0.29, 0.717) is 26.1 Å². The Morgan fingerprint density at radius 1 is 1.20 bits per heavy atom. The summed E-state index contributed by atoms with van der Waals surface area (Å²) in [4.78, 5) is 10.8. The van der Waals surface area contributed by atoms with E-state index in [2.05, 4.69) is 15.4 Å². The number of carbonyl (C=O) groups excluding carboxylic acids is 1. The van der Waals surface area contributed by atoms with E-state index in [-0.39, 0.29) is 5.91 Å². The molecule has 0 aliphatic carbocycles. The van der Waals surface area contributed by atoms with Gasteiger partial charge >= 0.3 is 0 Å². The van der Waals surface area contributed by atoms with Crippen molar-refractivity contribution in [3.63, 3.8) is 0 Å². The smallest absolute Gasteiger partial charge is 0.219 e. The molecule has 0 bridgehead atoms. The first-order valence-corrected chi connectivity index (χ1v) is 6.71. The topological polar surface area (TPSA) is 87.3 Å². The lowest BCUT2D eigenvalue weighted by Crippen LogP contribution is -2.31. The minimum absolute atomic E-state index is 0.0195. The fraction of sp³-hybridized carbons (Fsp3) is 0.875. The standard InChI is InChI=1S/C8H19N3O3S/c1-9-8(12)4-3-5-10-6-7-11-15(2,13)14/h10-11H,3-7H2,1-2H3,(H,9,12). The maximum absolute atomic E-state index is 10.8. The van der Waals surface area contributed by atoms with Gasteiger partial charge in [-0.05, 0) is 13.0 Å². The second-order valence-corrected chi connectivity index (χ2v) is 5.03. The van der Waals surface area contributed by atoms with Crippen molar-refractivity contribution < 1.29 is 13.2 Å². The Hall–Kier alpha value is -0.660. The average molecular weight is 237 g/mol. The Balaban J connectivity index is 3.23. The van der Waals surface area contributed by atoms with Crippen molar-refractivity contribution in [2.45, 2.75) is 12.8 Å². The van der Waals surface area contributed by atoms with Crippen LogP contribution < -0.4 is 15.4 Å². The highest BCUT2D eigenvalue weighted by Crippen LogP contribution is 1.85. The van der Waals surface area contributed by atoms with Gasteiger partial charge in [0.25, 0.3) is 0 Å². The Morgan fingerprint density at radius 2 is 1.87 bits per heavy atom. The Bertz CT molecular complexity index is 277. The van der Waals surface area contributed by atoms with Gasteiger partial charge in [0.15, 0.2) is 0 Å². The molecule has 15 heavy (non-hydrogen) atoms. The molecular weight excluding hydrogens is 218 g/mol. The number of hydrogen-bond donors (Lipinski definition) is 3. The first-order valence-electron chi connectivity index (χ1n) is 4.81. The summed E-state index contributed by atoms with van der Waals surface area (Å²) in [7, 11) is -1.49. The molecule has 0 unspecified atom stereocenters. The molecule has 0 rings (SSSR count). The molecule has 0 saturated carbocycles. The maximum Gasteiger partial charge on any atom is 0.219 e. The zero-order chi connectivity index (χ0) is 11.7. The van der Waals surface area contributed by atoms with Crippen molar-refractivity contribution in [1.82, 2.24) is 15.4 Å². The van der Waals surface area contributed by atoms with Crippen LogP contribution in [0.3, 0.4) is 0 Å². The van der Waals surface area contributed by atoms with Crippen LogP contribution in [0, 0.1) is 0 Å². The third-order valence-corrected chi connectivity index (χ3v) is 2.43. The molecule has 7 heteroatoms. The van der Waals surface area contributed by atoms with Crippen molar-refractivity contribution in [3.8, 4) is 0 Å². The lowest BCUT2D eigenvalue weighted by Gasteiger charge is -2.04. The van der Waals surface area contributed by atoms with Gasteiger partial charge < -0.3 is 10.6 Å². The van der Waals surface area contributed by atoms with Crippen molar-refractivity contribution in [3.05, 3.63) is 0 Å². The fourth-order valence-corrected chi connectivity index (χ4v) is 1.42. The summed E-state index contributed by atoms with van der Waals surface area (Å²) < 4.78 is 23.7. The SMILES string of the molecule is CNC(=O)CCCNCCNS(C)(=O)=O. The summed E-state index contributed by atoms with van der Waals surface area (Å²) in [5.41, 5.74) is 0. The minimum atomic E-state index is -3.09. The van der Waals surface area contributed by atoms with Gasteiger partial charge in [-0.2, -0.15) is 0 Å². The van der Waals surface area contributed by atoms with E-state index in [1.54, 1.807) is 7.05 Å². The molecule has 0 aromatic heterocycles. The van der Waals surface area contributed by atoms with Crippen molar-refractivity contribution in [2.24, 2.45) is 0 Å². The molecule has 0 aromatic rings. The van der Waals surface area contributed by atoms with E-state index in [1.807, 2.05) is 0 Å². The molecule has 1 amide bonds. The Kier molecular flexibility index (Phi) is 7.27. The van der Waals surface area contributed by atoms with E-state index in [4.69, 9.17) is 0 Å². The van der Waals surface area contributed by atoms with Gasteiger partial charge in [-0.1, -0.05) is 0 Å². The molecule has 0 atom stereocenters. The van der Waals surface area contributed by atoms with Crippen molar-refractivity contribution in [1.29, 1.82) is 0 Å². The lowest BCUT2D eigenvalue weighted by molar-refractivity contribution is -0.120. The number of carbonyl (C=O) groups is 1. The number of nitrogens with one attached hydrogen (secondary N) is 3. The van der Waals surface area contributed by atoms with E-state index in [9.17, 15) is 13.2 Å². The van der Waals surface area contributed by atoms with Gasteiger partial charge in [0.1, 0.15) is 0 Å². The molecule has 0 aromatic carbocycles. The largest absolute Gasteiger partial charge is 0.359 e. The summed E-state index contributed by atoms with van der Waals surface area (Å²) in [5.74, 6) is 0.0195. The minimum Gasteiger partial charge on any atom is -0.359 e. The molecule has 0 spiro atoms. The number of sulfonamides is 1. The van der Waals surface area contributed by atoms with Crippen LogP contribution in [0.2, 0.25) is 0 Å². The first-order chi connectivity index (χ1) is 6.95. The highest BCUT2D eigenvalue weighted by Gasteiger charge is 1.99. The van der Waals surface area contributed by atoms with Crippen molar-refractivity contribution in [2.75, 3.05) is 32.9 Å². The van der Waals surface area contributed by atoms with Crippen LogP contribution >= 0.6 is 0 Å². The number of amides is 1. The molecule has 0 aliphatic rings. The van der Waals surface area contributed by atoms with Crippen LogP contribution in [0.15, 0.2) is 0 Å². The highest BCUT2D eigenvalue weighted by molar-refractivity contribution is 7.88. The lowest BCUT2D eigenvalue weighted by atomic mass is 10.3. The van der Waals surface area contributed by atoms with Gasteiger partial charge in [0.05, 0.1) is 6.26 Å². The molecule has 0 heterocycles. The van der Waals surface area contributed by atoms with E-state index in [0.717, 1.165) is 12.7 Å². The van der Waals surface area contributed by atoms with Gasteiger partial charge in [0.2, 0.25) is 15.9 Å². The zero-order valence-corrected chi connectivity index (χ0v) is 9.99. The predicted octanol–water partition coefficient (Wildman–Crippen LogP) is -1.35. The van der Waals surface area contributed by atoms with E-state index in [1.165, 1.54) is 0 Å². The van der Waals surface area contributed by atoms with Crippen LogP contribution in [-0.2, 0) is 14.8 Å². The predicted molar refractivity (Wildman–Crippen MR) is 59.0 cm³/mol. The second kappa shape index (κ2) is 7.61. The van der Waals surface area contributed by atoms with Gasteiger partial charge in [0, 0.05) is 26.6 Å². The Morgan fingerprint density at radius 3 is 2.40 bits per heavy atom. The molecule has 3 N–H and O–H groups in total. The van der Waals surface area contributed by atoms with Gasteiger partial charge in [-0.25, -0.2) is 13.1 Å². The summed E-state index contributed by atoms with van der Waals surface area (Å²) in [6.07, 6.45) is 2.36. The van der Waals surface area contributed by atoms with Gasteiger partial charge in [-0.15, -0.1) is 0 Å². The highest BCUT2D eigenvalue weighted by atomic mass is 32.2. The first kappa shape index (κ1) is 14.3. The second-order valence-electron chi connectivity index (χ2n) is 3.19. The quantitative estimate of drug-likeness (QED) is 0.456. The van der Waals surface area contributed by atoms with E-state index >= 15 is 0 Å². The number of hydrogen-bond acceptors (Lipinski definition) is 4. The molecule has 0 aliphatic heterocycles. The van der Waals surface area contributed by atoms with Crippen LogP contribution in [0.1, 0.15) is 12.8 Å². The van der Waals surface area contributed by atoms with Gasteiger partial charge in [-0.3, -0.25) is 4.79 Å². The molecule has 6 nitrogen and oxygen atoms in total. The van der Waals surface area contributed by atoms with Crippen LogP contribution in [0.5, 0.6) is 0 Å². The molecule has 0 radical (unpaired) electrons. The molecular formula is C8H19N3O3S. The maximum atomic E-state index is 10.8.